The van der Waals surface area contributed by atoms with Gasteiger partial charge in [0.05, 0.1) is 11.0 Å². The van der Waals surface area contributed by atoms with E-state index < -0.39 is 0 Å². The summed E-state index contributed by atoms with van der Waals surface area (Å²) in [7, 11) is 0. The number of fused-ring (bicyclic) bond motifs is 1. The summed E-state index contributed by atoms with van der Waals surface area (Å²) < 4.78 is 0. The Labute approximate surface area is 98.9 Å². The van der Waals surface area contributed by atoms with Crippen molar-refractivity contribution in [1.29, 1.82) is 0 Å². The Kier molecular flexibility index (Phi) is 3.49. The molecule has 0 saturated heterocycles. The molecule has 17 heavy (non-hydrogen) atoms. The molecule has 92 valence electrons. The number of rotatable bonds is 5. The summed E-state index contributed by atoms with van der Waals surface area (Å²) in [6.07, 6.45) is 0.937. The molecule has 0 fully saturated rings. The van der Waals surface area contributed by atoms with Crippen molar-refractivity contribution in [3.05, 3.63) is 28.7 Å². The van der Waals surface area contributed by atoms with Crippen molar-refractivity contribution in [1.82, 2.24) is 9.97 Å². The van der Waals surface area contributed by atoms with Gasteiger partial charge in [-0.05, 0) is 30.5 Å². The molecular formula is C12H17N3O2. The monoisotopic (exact) mass is 235 g/mol. The van der Waals surface area contributed by atoms with Gasteiger partial charge in [-0.1, -0.05) is 6.92 Å². The molecule has 1 unspecified atom stereocenters. The maximum Gasteiger partial charge on any atom is 0.323 e. The average Bonchev–Trinajstić information content (AvgIpc) is 2.69. The second kappa shape index (κ2) is 5.05. The smallest absolute Gasteiger partial charge is 0.323 e. The number of benzene rings is 1. The van der Waals surface area contributed by atoms with Gasteiger partial charge < -0.3 is 20.4 Å². The highest BCUT2D eigenvalue weighted by molar-refractivity contribution is 5.78. The number of aliphatic hydroxyl groups is 1. The molecule has 0 amide bonds. The fraction of sp³-hybridized carbons (Fsp3) is 0.417. The number of H-pyrrole nitrogens is 2. The Bertz CT molecular complexity index is 540. The maximum atomic E-state index is 11.1. The van der Waals surface area contributed by atoms with Crippen LogP contribution >= 0.6 is 0 Å². The highest BCUT2D eigenvalue weighted by atomic mass is 16.3. The predicted octanol–water partition coefficient (Wildman–Crippen LogP) is 1.29. The van der Waals surface area contributed by atoms with Gasteiger partial charge in [-0.25, -0.2) is 4.79 Å². The van der Waals surface area contributed by atoms with Crippen LogP contribution in [0, 0.1) is 5.92 Å². The first kappa shape index (κ1) is 11.7. The van der Waals surface area contributed by atoms with E-state index in [2.05, 4.69) is 22.2 Å². The summed E-state index contributed by atoms with van der Waals surface area (Å²) in [5.41, 5.74) is 2.34. The van der Waals surface area contributed by atoms with Crippen LogP contribution in [-0.4, -0.2) is 28.2 Å². The number of aliphatic hydroxyl groups excluding tert-OH is 1. The lowest BCUT2D eigenvalue weighted by molar-refractivity contribution is 0.230. The highest BCUT2D eigenvalue weighted by Crippen LogP contribution is 2.15. The van der Waals surface area contributed by atoms with Crippen molar-refractivity contribution in [3.63, 3.8) is 0 Å². The van der Waals surface area contributed by atoms with Crippen molar-refractivity contribution >= 4 is 16.7 Å². The van der Waals surface area contributed by atoms with E-state index in [0.717, 1.165) is 29.7 Å². The minimum Gasteiger partial charge on any atom is -0.396 e. The SMILES string of the molecule is CCC(CO)CNc1ccc2[nH]c(=O)[nH]c2c1. The molecule has 1 aromatic heterocycles. The van der Waals surface area contributed by atoms with Gasteiger partial charge in [0.25, 0.3) is 0 Å². The van der Waals surface area contributed by atoms with Gasteiger partial charge in [0, 0.05) is 18.8 Å². The lowest BCUT2D eigenvalue weighted by Crippen LogP contribution is -2.16. The largest absolute Gasteiger partial charge is 0.396 e. The standard InChI is InChI=1S/C12H17N3O2/c1-2-8(7-16)6-13-9-3-4-10-11(5-9)15-12(17)14-10/h3-5,8,13,16H,2,6-7H2,1H3,(H2,14,15,17). The lowest BCUT2D eigenvalue weighted by Gasteiger charge is -2.13. The minimum atomic E-state index is -0.195. The minimum absolute atomic E-state index is 0.187. The molecule has 0 bridgehead atoms. The Morgan fingerprint density at radius 2 is 2.12 bits per heavy atom. The van der Waals surface area contributed by atoms with E-state index in [-0.39, 0.29) is 18.2 Å². The average molecular weight is 235 g/mol. The van der Waals surface area contributed by atoms with Crippen LogP contribution in [0.1, 0.15) is 13.3 Å². The molecule has 2 rings (SSSR count). The summed E-state index contributed by atoms with van der Waals surface area (Å²) in [5, 5.41) is 12.3. The van der Waals surface area contributed by atoms with Crippen molar-refractivity contribution in [2.24, 2.45) is 5.92 Å². The van der Waals surface area contributed by atoms with Crippen LogP contribution in [0.5, 0.6) is 0 Å². The Hall–Kier alpha value is -1.75. The number of imidazole rings is 1. The Morgan fingerprint density at radius 1 is 1.35 bits per heavy atom. The van der Waals surface area contributed by atoms with Crippen LogP contribution in [0.15, 0.2) is 23.0 Å². The van der Waals surface area contributed by atoms with Crippen LogP contribution in [-0.2, 0) is 0 Å². The molecule has 2 aromatic rings. The van der Waals surface area contributed by atoms with Crippen molar-refractivity contribution in [2.75, 3.05) is 18.5 Å². The molecule has 1 aromatic carbocycles. The lowest BCUT2D eigenvalue weighted by atomic mass is 10.1. The van der Waals surface area contributed by atoms with Crippen LogP contribution in [0.25, 0.3) is 11.0 Å². The fourth-order valence-corrected chi connectivity index (χ4v) is 1.74. The van der Waals surface area contributed by atoms with E-state index >= 15 is 0 Å². The molecule has 1 atom stereocenters. The molecule has 0 aliphatic carbocycles. The zero-order chi connectivity index (χ0) is 12.3. The van der Waals surface area contributed by atoms with Gasteiger partial charge in [-0.2, -0.15) is 0 Å². The second-order valence-corrected chi connectivity index (χ2v) is 4.18. The van der Waals surface area contributed by atoms with E-state index in [9.17, 15) is 4.79 Å². The molecule has 0 radical (unpaired) electrons. The first-order valence-corrected chi connectivity index (χ1v) is 5.79. The third kappa shape index (κ3) is 2.68. The molecule has 5 nitrogen and oxygen atoms in total. The van der Waals surface area contributed by atoms with Crippen LogP contribution in [0.4, 0.5) is 5.69 Å². The molecule has 4 N–H and O–H groups in total. The predicted molar refractivity (Wildman–Crippen MR) is 68.3 cm³/mol. The number of hydrogen-bond donors (Lipinski definition) is 4. The molecule has 5 heteroatoms. The third-order valence-corrected chi connectivity index (χ3v) is 2.95. The Morgan fingerprint density at radius 3 is 2.82 bits per heavy atom. The van der Waals surface area contributed by atoms with E-state index in [1.54, 1.807) is 0 Å². The zero-order valence-corrected chi connectivity index (χ0v) is 9.79. The number of aromatic amines is 2. The van der Waals surface area contributed by atoms with Crippen LogP contribution < -0.4 is 11.0 Å². The van der Waals surface area contributed by atoms with E-state index in [4.69, 9.17) is 5.11 Å². The summed E-state index contributed by atoms with van der Waals surface area (Å²) in [5.74, 6) is 0.260. The van der Waals surface area contributed by atoms with Crippen LogP contribution in [0.3, 0.4) is 0 Å². The number of aromatic nitrogens is 2. The van der Waals surface area contributed by atoms with Gasteiger partial charge in [0.1, 0.15) is 0 Å². The quantitative estimate of drug-likeness (QED) is 0.630. The third-order valence-electron chi connectivity index (χ3n) is 2.95. The molecule has 0 aliphatic heterocycles. The molecule has 0 saturated carbocycles. The number of anilines is 1. The molecule has 0 spiro atoms. The summed E-state index contributed by atoms with van der Waals surface area (Å²) >= 11 is 0. The highest BCUT2D eigenvalue weighted by Gasteiger charge is 2.05. The van der Waals surface area contributed by atoms with E-state index in [1.807, 2.05) is 18.2 Å². The van der Waals surface area contributed by atoms with Gasteiger partial charge in [0.15, 0.2) is 0 Å². The van der Waals surface area contributed by atoms with E-state index in [0.29, 0.717) is 0 Å². The normalized spacial score (nSPS) is 12.8. The molecule has 0 aliphatic rings. The zero-order valence-electron chi connectivity index (χ0n) is 9.79. The summed E-state index contributed by atoms with van der Waals surface area (Å²) in [6.45, 7) is 2.97. The fourth-order valence-electron chi connectivity index (χ4n) is 1.74. The maximum absolute atomic E-state index is 11.1. The van der Waals surface area contributed by atoms with Gasteiger partial charge >= 0.3 is 5.69 Å². The van der Waals surface area contributed by atoms with Crippen molar-refractivity contribution in [3.8, 4) is 0 Å². The van der Waals surface area contributed by atoms with Gasteiger partial charge in [-0.15, -0.1) is 0 Å². The molecular weight excluding hydrogens is 218 g/mol. The van der Waals surface area contributed by atoms with E-state index in [1.165, 1.54) is 0 Å². The first-order valence-electron chi connectivity index (χ1n) is 5.79. The summed E-state index contributed by atoms with van der Waals surface area (Å²) in [4.78, 5) is 16.5. The van der Waals surface area contributed by atoms with Gasteiger partial charge in [-0.3, -0.25) is 0 Å². The van der Waals surface area contributed by atoms with Crippen molar-refractivity contribution < 1.29 is 5.11 Å². The van der Waals surface area contributed by atoms with Crippen molar-refractivity contribution in [2.45, 2.75) is 13.3 Å². The second-order valence-electron chi connectivity index (χ2n) is 4.18. The Balaban J connectivity index is 2.11. The number of nitrogens with one attached hydrogen (secondary N) is 3. The van der Waals surface area contributed by atoms with Gasteiger partial charge in [0.2, 0.25) is 0 Å². The first-order chi connectivity index (χ1) is 8.22. The molecule has 1 heterocycles. The summed E-state index contributed by atoms with van der Waals surface area (Å²) in [6, 6.07) is 5.66. The topological polar surface area (TPSA) is 80.9 Å². The van der Waals surface area contributed by atoms with Crippen LogP contribution in [0.2, 0.25) is 0 Å². The number of hydrogen-bond acceptors (Lipinski definition) is 3.